The average Bonchev–Trinajstić information content (AvgIpc) is 2.74. The largest absolute Gasteiger partial charge is 0.351 e. The fraction of sp³-hybridized carbons (Fsp3) is 0.167. The lowest BCUT2D eigenvalue weighted by molar-refractivity contribution is -0.487. The van der Waals surface area contributed by atoms with Gasteiger partial charge in [0.1, 0.15) is 6.04 Å². The lowest BCUT2D eigenvalue weighted by Crippen LogP contribution is -2.36. The Kier molecular flexibility index (Phi) is 4.94. The van der Waals surface area contributed by atoms with E-state index in [1.54, 1.807) is 0 Å². The van der Waals surface area contributed by atoms with Crippen LogP contribution in [0.25, 0.3) is 11.8 Å². The number of hydrogen-bond donors (Lipinski definition) is 0. The van der Waals surface area contributed by atoms with Crippen LogP contribution in [0.2, 0.25) is 0 Å². The maximum Gasteiger partial charge on any atom is 0.228 e. The summed E-state index contributed by atoms with van der Waals surface area (Å²) in [6.07, 6.45) is 2.15. The van der Waals surface area contributed by atoms with Crippen molar-refractivity contribution in [2.45, 2.75) is 19.0 Å². The van der Waals surface area contributed by atoms with Gasteiger partial charge in [0.25, 0.3) is 0 Å². The summed E-state index contributed by atoms with van der Waals surface area (Å²) < 4.78 is 0. The molecule has 0 spiro atoms. The van der Waals surface area contributed by atoms with E-state index < -0.39 is 0 Å². The molecule has 0 bridgehead atoms. The Morgan fingerprint density at radius 1 is 0.929 bits per heavy atom. The van der Waals surface area contributed by atoms with Gasteiger partial charge < -0.3 is 4.90 Å². The van der Waals surface area contributed by atoms with Gasteiger partial charge in [0.05, 0.1) is 6.04 Å². The smallest absolute Gasteiger partial charge is 0.228 e. The first-order valence-electron chi connectivity index (χ1n) is 9.46. The van der Waals surface area contributed by atoms with Gasteiger partial charge in [0, 0.05) is 10.6 Å². The number of rotatable bonds is 5. The SMILES string of the molecule is C[C@@H](c1ccccc1)N1C(c2ccccc2)=Cc2ccccc2[C@@H]1C[N+](=O)[O-]. The van der Waals surface area contributed by atoms with Crippen LogP contribution in [0.5, 0.6) is 0 Å². The van der Waals surface area contributed by atoms with Gasteiger partial charge in [-0.15, -0.1) is 0 Å². The van der Waals surface area contributed by atoms with Crippen molar-refractivity contribution < 1.29 is 4.92 Å². The van der Waals surface area contributed by atoms with Crippen molar-refractivity contribution in [2.75, 3.05) is 6.54 Å². The van der Waals surface area contributed by atoms with Gasteiger partial charge in [-0.3, -0.25) is 10.1 Å². The topological polar surface area (TPSA) is 46.4 Å². The molecule has 1 aliphatic heterocycles. The van der Waals surface area contributed by atoms with Crippen molar-refractivity contribution in [1.82, 2.24) is 4.90 Å². The maximum atomic E-state index is 11.6. The molecule has 2 atom stereocenters. The number of hydrogen-bond acceptors (Lipinski definition) is 3. The molecule has 0 N–H and O–H groups in total. The van der Waals surface area contributed by atoms with Crippen molar-refractivity contribution in [3.8, 4) is 0 Å². The molecule has 28 heavy (non-hydrogen) atoms. The molecule has 0 saturated carbocycles. The van der Waals surface area contributed by atoms with E-state index in [0.29, 0.717) is 0 Å². The number of nitro groups is 1. The van der Waals surface area contributed by atoms with E-state index in [4.69, 9.17) is 0 Å². The Balaban J connectivity index is 1.90. The molecule has 0 unspecified atom stereocenters. The average molecular weight is 370 g/mol. The van der Waals surface area contributed by atoms with Crippen molar-refractivity contribution in [3.63, 3.8) is 0 Å². The van der Waals surface area contributed by atoms with Crippen molar-refractivity contribution in [1.29, 1.82) is 0 Å². The second-order valence-electron chi connectivity index (χ2n) is 7.05. The lowest BCUT2D eigenvalue weighted by atomic mass is 9.89. The molecule has 1 heterocycles. The van der Waals surface area contributed by atoms with Crippen molar-refractivity contribution >= 4 is 11.8 Å². The standard InChI is InChI=1S/C24H22N2O2/c1-18(19-10-4-2-5-11-19)26-23(20-12-6-3-7-13-20)16-21-14-8-9-15-22(21)24(26)17-25(27)28/h2-16,18,24H,17H2,1H3/t18-,24-/m0/s1. The van der Waals surface area contributed by atoms with Gasteiger partial charge in [0.15, 0.2) is 0 Å². The third-order valence-corrected chi connectivity index (χ3v) is 5.35. The van der Waals surface area contributed by atoms with E-state index in [2.05, 4.69) is 42.2 Å². The third kappa shape index (κ3) is 3.41. The number of benzene rings is 3. The second kappa shape index (κ2) is 7.69. The Morgan fingerprint density at radius 3 is 2.21 bits per heavy atom. The third-order valence-electron chi connectivity index (χ3n) is 5.35. The predicted octanol–water partition coefficient (Wildman–Crippen LogP) is 5.58. The summed E-state index contributed by atoms with van der Waals surface area (Å²) in [4.78, 5) is 13.6. The molecule has 4 rings (SSSR count). The van der Waals surface area contributed by atoms with E-state index in [1.807, 2.05) is 60.7 Å². The molecular formula is C24H22N2O2. The monoisotopic (exact) mass is 370 g/mol. The first kappa shape index (κ1) is 18.0. The minimum absolute atomic E-state index is 0.00837. The molecule has 4 heteroatoms. The minimum atomic E-state index is -0.332. The van der Waals surface area contributed by atoms with E-state index in [0.717, 1.165) is 28.0 Å². The zero-order valence-electron chi connectivity index (χ0n) is 15.7. The minimum Gasteiger partial charge on any atom is -0.351 e. The van der Waals surface area contributed by atoms with Gasteiger partial charge >= 0.3 is 0 Å². The van der Waals surface area contributed by atoms with E-state index in [9.17, 15) is 10.1 Å². The highest BCUT2D eigenvalue weighted by molar-refractivity contribution is 5.84. The first-order chi connectivity index (χ1) is 13.6. The molecule has 0 aromatic heterocycles. The molecule has 3 aromatic rings. The van der Waals surface area contributed by atoms with Crippen LogP contribution < -0.4 is 0 Å². The zero-order valence-corrected chi connectivity index (χ0v) is 15.7. The van der Waals surface area contributed by atoms with Crippen LogP contribution in [0.4, 0.5) is 0 Å². The number of nitrogens with zero attached hydrogens (tertiary/aromatic N) is 2. The molecule has 4 nitrogen and oxygen atoms in total. The Hall–Kier alpha value is -3.40. The van der Waals surface area contributed by atoms with Crippen LogP contribution in [0.3, 0.4) is 0 Å². The lowest BCUT2D eigenvalue weighted by Gasteiger charge is -2.42. The summed E-state index contributed by atoms with van der Waals surface area (Å²) in [6, 6.07) is 27.9. The van der Waals surface area contributed by atoms with Crippen LogP contribution in [-0.4, -0.2) is 16.4 Å². The maximum absolute atomic E-state index is 11.6. The molecule has 0 radical (unpaired) electrons. The quantitative estimate of drug-likeness (QED) is 0.435. The first-order valence-corrected chi connectivity index (χ1v) is 9.46. The molecular weight excluding hydrogens is 348 g/mol. The molecule has 0 fully saturated rings. The highest BCUT2D eigenvalue weighted by Gasteiger charge is 2.35. The number of fused-ring (bicyclic) bond motifs is 1. The Bertz CT molecular complexity index is 999. The molecule has 0 amide bonds. The van der Waals surface area contributed by atoms with Crippen molar-refractivity contribution in [2.24, 2.45) is 0 Å². The fourth-order valence-electron chi connectivity index (χ4n) is 4.02. The van der Waals surface area contributed by atoms with Crippen LogP contribution in [0, 0.1) is 10.1 Å². The van der Waals surface area contributed by atoms with Crippen LogP contribution in [0.1, 0.15) is 41.3 Å². The highest BCUT2D eigenvalue weighted by Crippen LogP contribution is 2.43. The van der Waals surface area contributed by atoms with Gasteiger partial charge in [-0.05, 0) is 35.3 Å². The summed E-state index contributed by atoms with van der Waals surface area (Å²) in [5.74, 6) is 0. The Labute approximate surface area is 164 Å². The van der Waals surface area contributed by atoms with Gasteiger partial charge in [-0.25, -0.2) is 0 Å². The molecule has 3 aromatic carbocycles. The normalized spacial score (nSPS) is 16.8. The van der Waals surface area contributed by atoms with E-state index >= 15 is 0 Å². The Morgan fingerprint density at radius 2 is 1.54 bits per heavy atom. The zero-order chi connectivity index (χ0) is 19.5. The second-order valence-corrected chi connectivity index (χ2v) is 7.05. The summed E-state index contributed by atoms with van der Waals surface area (Å²) in [6.45, 7) is 1.98. The molecule has 140 valence electrons. The molecule has 0 aliphatic carbocycles. The van der Waals surface area contributed by atoms with Gasteiger partial charge in [-0.2, -0.15) is 0 Å². The fourth-order valence-corrected chi connectivity index (χ4v) is 4.02. The summed E-state index contributed by atoms with van der Waals surface area (Å²) >= 11 is 0. The highest BCUT2D eigenvalue weighted by atomic mass is 16.6. The molecule has 0 saturated heterocycles. The molecule has 1 aliphatic rings. The van der Waals surface area contributed by atoms with Crippen LogP contribution in [0.15, 0.2) is 84.9 Å². The predicted molar refractivity (Wildman–Crippen MR) is 112 cm³/mol. The van der Waals surface area contributed by atoms with Crippen LogP contribution in [-0.2, 0) is 0 Å². The van der Waals surface area contributed by atoms with Gasteiger partial charge in [-0.1, -0.05) is 84.9 Å². The summed E-state index contributed by atoms with van der Waals surface area (Å²) in [5.41, 5.74) is 5.26. The summed E-state index contributed by atoms with van der Waals surface area (Å²) in [5, 5.41) is 11.6. The van der Waals surface area contributed by atoms with Crippen molar-refractivity contribution in [3.05, 3.63) is 117 Å². The van der Waals surface area contributed by atoms with E-state index in [1.165, 1.54) is 0 Å². The van der Waals surface area contributed by atoms with E-state index in [-0.39, 0.29) is 23.6 Å². The van der Waals surface area contributed by atoms with Crippen LogP contribution >= 0.6 is 0 Å². The summed E-state index contributed by atoms with van der Waals surface area (Å²) in [7, 11) is 0. The van der Waals surface area contributed by atoms with Gasteiger partial charge in [0.2, 0.25) is 6.54 Å².